The van der Waals surface area contributed by atoms with Crippen LogP contribution in [-0.2, 0) is 11.2 Å². The molecule has 5 heteroatoms. The number of carbonyl (C=O) groups excluding carboxylic acids is 2. The number of hydrogen-bond donors (Lipinski definition) is 3. The highest BCUT2D eigenvalue weighted by Crippen LogP contribution is 2.23. The molecule has 2 aromatic carbocycles. The minimum absolute atomic E-state index is 0.0396. The molecule has 3 aromatic rings. The summed E-state index contributed by atoms with van der Waals surface area (Å²) in [6.45, 7) is 4.07. The number of likely N-dealkylation sites (N-methyl/N-ethyl adjacent to an activating group) is 1. The minimum Gasteiger partial charge on any atom is -0.359 e. The van der Waals surface area contributed by atoms with Crippen molar-refractivity contribution in [2.45, 2.75) is 20.3 Å². The van der Waals surface area contributed by atoms with E-state index in [0.29, 0.717) is 17.7 Å². The maximum absolute atomic E-state index is 12.5. The first-order valence-corrected chi connectivity index (χ1v) is 8.17. The fourth-order valence-electron chi connectivity index (χ4n) is 2.79. The van der Waals surface area contributed by atoms with Gasteiger partial charge in [0.15, 0.2) is 0 Å². The molecule has 128 valence electrons. The van der Waals surface area contributed by atoms with Crippen molar-refractivity contribution in [1.82, 2.24) is 10.3 Å². The van der Waals surface area contributed by atoms with Gasteiger partial charge in [-0.3, -0.25) is 9.59 Å². The number of nitrogens with one attached hydrogen (secondary N) is 3. The summed E-state index contributed by atoms with van der Waals surface area (Å²) in [6, 6.07) is 12.9. The number of benzene rings is 2. The van der Waals surface area contributed by atoms with Gasteiger partial charge < -0.3 is 15.6 Å². The lowest BCUT2D eigenvalue weighted by Crippen LogP contribution is -2.19. The Morgan fingerprint density at radius 1 is 1.04 bits per heavy atom. The van der Waals surface area contributed by atoms with Crippen LogP contribution in [0.25, 0.3) is 10.9 Å². The second-order valence-corrected chi connectivity index (χ2v) is 6.14. The van der Waals surface area contributed by atoms with E-state index in [1.54, 1.807) is 19.2 Å². The molecular weight excluding hydrogens is 314 g/mol. The van der Waals surface area contributed by atoms with Gasteiger partial charge in [-0.1, -0.05) is 12.1 Å². The van der Waals surface area contributed by atoms with Crippen molar-refractivity contribution in [3.63, 3.8) is 0 Å². The Kier molecular flexibility index (Phi) is 4.57. The minimum atomic E-state index is -0.154. The molecule has 3 N–H and O–H groups in total. The summed E-state index contributed by atoms with van der Waals surface area (Å²) >= 11 is 0. The lowest BCUT2D eigenvalue weighted by molar-refractivity contribution is -0.119. The predicted molar refractivity (Wildman–Crippen MR) is 99.9 cm³/mol. The van der Waals surface area contributed by atoms with Crippen LogP contribution in [-0.4, -0.2) is 23.8 Å². The van der Waals surface area contributed by atoms with Gasteiger partial charge in [0.1, 0.15) is 0 Å². The summed E-state index contributed by atoms with van der Waals surface area (Å²) < 4.78 is 0. The number of anilines is 1. The van der Waals surface area contributed by atoms with Crippen LogP contribution in [0.15, 0.2) is 42.5 Å². The monoisotopic (exact) mass is 335 g/mol. The average Bonchev–Trinajstić information content (AvgIpc) is 2.90. The maximum atomic E-state index is 12.5. The van der Waals surface area contributed by atoms with E-state index in [4.69, 9.17) is 0 Å². The number of fused-ring (bicyclic) bond motifs is 1. The molecule has 0 aliphatic carbocycles. The summed E-state index contributed by atoms with van der Waals surface area (Å²) in [5.41, 5.74) is 5.52. The number of rotatable bonds is 4. The molecule has 0 aliphatic rings. The van der Waals surface area contributed by atoms with E-state index in [0.717, 1.165) is 27.7 Å². The van der Waals surface area contributed by atoms with E-state index in [2.05, 4.69) is 15.6 Å². The van der Waals surface area contributed by atoms with Gasteiger partial charge in [0.25, 0.3) is 5.91 Å². The zero-order chi connectivity index (χ0) is 18.0. The van der Waals surface area contributed by atoms with Crippen LogP contribution >= 0.6 is 0 Å². The van der Waals surface area contributed by atoms with Gasteiger partial charge in [-0.05, 0) is 55.3 Å². The Bertz CT molecular complexity index is 939. The van der Waals surface area contributed by atoms with Gasteiger partial charge in [0, 0.05) is 34.9 Å². The van der Waals surface area contributed by atoms with Crippen molar-refractivity contribution in [1.29, 1.82) is 0 Å². The zero-order valence-corrected chi connectivity index (χ0v) is 14.6. The molecular formula is C20H21N3O2. The molecule has 0 atom stereocenters. The number of H-pyrrole nitrogens is 1. The largest absolute Gasteiger partial charge is 0.359 e. The van der Waals surface area contributed by atoms with Gasteiger partial charge >= 0.3 is 0 Å². The van der Waals surface area contributed by atoms with Crippen LogP contribution in [0.2, 0.25) is 0 Å². The quantitative estimate of drug-likeness (QED) is 0.684. The van der Waals surface area contributed by atoms with Crippen molar-refractivity contribution >= 4 is 28.4 Å². The van der Waals surface area contributed by atoms with Crippen molar-refractivity contribution in [2.75, 3.05) is 12.4 Å². The summed E-state index contributed by atoms with van der Waals surface area (Å²) in [6.07, 6.45) is 0.327. The van der Waals surface area contributed by atoms with Gasteiger partial charge in [-0.25, -0.2) is 0 Å². The van der Waals surface area contributed by atoms with E-state index < -0.39 is 0 Å². The molecule has 0 saturated heterocycles. The van der Waals surface area contributed by atoms with Crippen LogP contribution in [0.3, 0.4) is 0 Å². The third-order valence-corrected chi connectivity index (χ3v) is 4.43. The van der Waals surface area contributed by atoms with Crippen LogP contribution in [0, 0.1) is 13.8 Å². The number of carbonyl (C=O) groups is 2. The van der Waals surface area contributed by atoms with Crippen LogP contribution in [0.5, 0.6) is 0 Å². The second kappa shape index (κ2) is 6.81. The summed E-state index contributed by atoms with van der Waals surface area (Å²) in [5.74, 6) is -0.193. The molecule has 0 fully saturated rings. The highest BCUT2D eigenvalue weighted by Gasteiger charge is 2.10. The number of aromatic amines is 1. The van der Waals surface area contributed by atoms with Crippen LogP contribution in [0.1, 0.15) is 27.2 Å². The summed E-state index contributed by atoms with van der Waals surface area (Å²) in [4.78, 5) is 27.2. The van der Waals surface area contributed by atoms with Crippen molar-refractivity contribution in [2.24, 2.45) is 0 Å². The fourth-order valence-corrected chi connectivity index (χ4v) is 2.79. The van der Waals surface area contributed by atoms with Gasteiger partial charge in [-0.15, -0.1) is 0 Å². The van der Waals surface area contributed by atoms with E-state index in [9.17, 15) is 9.59 Å². The van der Waals surface area contributed by atoms with E-state index in [1.165, 1.54) is 0 Å². The zero-order valence-electron chi connectivity index (χ0n) is 14.6. The van der Waals surface area contributed by atoms with E-state index >= 15 is 0 Å². The first-order chi connectivity index (χ1) is 12.0. The number of amides is 2. The van der Waals surface area contributed by atoms with Crippen LogP contribution in [0.4, 0.5) is 5.69 Å². The van der Waals surface area contributed by atoms with Gasteiger partial charge in [0.05, 0.1) is 6.42 Å². The average molecular weight is 335 g/mol. The molecule has 0 bridgehead atoms. The SMILES string of the molecule is CNC(=O)Cc1ccc(NC(=O)c2ccc3[nH]c(C)c(C)c3c2)cc1. The molecule has 0 saturated carbocycles. The molecule has 2 amide bonds. The summed E-state index contributed by atoms with van der Waals surface area (Å²) in [5, 5.41) is 6.55. The fraction of sp³-hybridized carbons (Fsp3) is 0.200. The molecule has 25 heavy (non-hydrogen) atoms. The summed E-state index contributed by atoms with van der Waals surface area (Å²) in [7, 11) is 1.61. The maximum Gasteiger partial charge on any atom is 0.255 e. The van der Waals surface area contributed by atoms with Crippen LogP contribution < -0.4 is 10.6 Å². The molecule has 3 rings (SSSR count). The molecule has 5 nitrogen and oxygen atoms in total. The molecule has 0 radical (unpaired) electrons. The smallest absolute Gasteiger partial charge is 0.255 e. The third kappa shape index (κ3) is 3.55. The molecule has 0 spiro atoms. The van der Waals surface area contributed by atoms with Crippen molar-refractivity contribution in [3.8, 4) is 0 Å². The lowest BCUT2D eigenvalue weighted by atomic mass is 10.1. The van der Waals surface area contributed by atoms with E-state index in [-0.39, 0.29) is 11.8 Å². The number of aryl methyl sites for hydroxylation is 2. The Labute approximate surface area is 146 Å². The number of hydrogen-bond acceptors (Lipinski definition) is 2. The predicted octanol–water partition coefficient (Wildman–Crippen LogP) is 3.33. The second-order valence-electron chi connectivity index (χ2n) is 6.14. The Morgan fingerprint density at radius 2 is 1.76 bits per heavy atom. The highest BCUT2D eigenvalue weighted by molar-refractivity contribution is 6.06. The Morgan fingerprint density at radius 3 is 2.44 bits per heavy atom. The van der Waals surface area contributed by atoms with Crippen molar-refractivity contribution < 1.29 is 9.59 Å². The molecule has 1 aromatic heterocycles. The first-order valence-electron chi connectivity index (χ1n) is 8.17. The van der Waals surface area contributed by atoms with Gasteiger partial charge in [-0.2, -0.15) is 0 Å². The topological polar surface area (TPSA) is 74.0 Å². The molecule has 0 unspecified atom stereocenters. The van der Waals surface area contributed by atoms with Gasteiger partial charge in [0.2, 0.25) is 5.91 Å². The normalized spacial score (nSPS) is 10.7. The van der Waals surface area contributed by atoms with Crippen molar-refractivity contribution in [3.05, 3.63) is 64.8 Å². The Balaban J connectivity index is 1.75. The standard InChI is InChI=1S/C20H21N3O2/c1-12-13(2)22-18-9-6-15(11-17(12)18)20(25)23-16-7-4-14(5-8-16)10-19(24)21-3/h4-9,11,22H,10H2,1-3H3,(H,21,24)(H,23,25). The Hall–Kier alpha value is -3.08. The molecule has 0 aliphatic heterocycles. The first kappa shape index (κ1) is 16.8. The lowest BCUT2D eigenvalue weighted by Gasteiger charge is -2.07. The van der Waals surface area contributed by atoms with E-state index in [1.807, 2.05) is 44.2 Å². The third-order valence-electron chi connectivity index (χ3n) is 4.43. The molecule has 1 heterocycles. The highest BCUT2D eigenvalue weighted by atomic mass is 16.2. The number of aromatic nitrogens is 1.